The summed E-state index contributed by atoms with van der Waals surface area (Å²) in [6, 6.07) is 9.80. The molecule has 1 saturated heterocycles. The van der Waals surface area contributed by atoms with Crippen LogP contribution in [0.3, 0.4) is 0 Å². The minimum atomic E-state index is 0.573. The van der Waals surface area contributed by atoms with Crippen molar-refractivity contribution >= 4 is 6.08 Å². The maximum atomic E-state index is 5.23. The lowest BCUT2D eigenvalue weighted by atomic mass is 10.2. The van der Waals surface area contributed by atoms with E-state index in [1.54, 1.807) is 0 Å². The van der Waals surface area contributed by atoms with Gasteiger partial charge in [0.05, 0.1) is 0 Å². The lowest BCUT2D eigenvalue weighted by molar-refractivity contribution is 0.428. The molecule has 1 aliphatic rings. The number of benzene rings is 1. The van der Waals surface area contributed by atoms with Gasteiger partial charge in [-0.2, -0.15) is 4.98 Å². The summed E-state index contributed by atoms with van der Waals surface area (Å²) in [7, 11) is 0. The first-order valence-electron chi connectivity index (χ1n) is 5.71. The molecule has 3 rings (SSSR count). The molecule has 17 heavy (non-hydrogen) atoms. The van der Waals surface area contributed by atoms with Crippen molar-refractivity contribution in [3.8, 4) is 11.5 Å². The second-order valence-corrected chi connectivity index (χ2v) is 4.05. The highest BCUT2D eigenvalue weighted by Crippen LogP contribution is 2.17. The average Bonchev–Trinajstić information content (AvgIpc) is 3.02. The number of hydrogen-bond acceptors (Lipinski definition) is 4. The summed E-state index contributed by atoms with van der Waals surface area (Å²) in [4.78, 5) is 4.36. The topological polar surface area (TPSA) is 51.0 Å². The Kier molecular flexibility index (Phi) is 2.71. The molecule has 2 aromatic rings. The van der Waals surface area contributed by atoms with Crippen LogP contribution in [0, 0.1) is 0 Å². The average molecular weight is 227 g/mol. The van der Waals surface area contributed by atoms with E-state index in [1.807, 2.05) is 36.4 Å². The summed E-state index contributed by atoms with van der Waals surface area (Å²) in [5.74, 6) is 1.23. The van der Waals surface area contributed by atoms with Gasteiger partial charge in [-0.1, -0.05) is 28.9 Å². The van der Waals surface area contributed by atoms with E-state index in [9.17, 15) is 0 Å². The number of aromatic nitrogens is 2. The van der Waals surface area contributed by atoms with Gasteiger partial charge < -0.3 is 9.84 Å². The molecule has 4 heteroatoms. The normalized spacial score (nSPS) is 17.8. The van der Waals surface area contributed by atoms with Crippen molar-refractivity contribution in [2.75, 3.05) is 13.1 Å². The molecular formula is C13H13N3O. The van der Waals surface area contributed by atoms with Crippen molar-refractivity contribution in [2.24, 2.45) is 0 Å². The molecule has 1 aliphatic heterocycles. The Morgan fingerprint density at radius 1 is 1.24 bits per heavy atom. The summed E-state index contributed by atoms with van der Waals surface area (Å²) in [6.45, 7) is 1.96. The molecule has 1 N–H and O–H groups in total. The smallest absolute Gasteiger partial charge is 0.258 e. The molecule has 0 radical (unpaired) electrons. The molecule has 0 unspecified atom stereocenters. The Morgan fingerprint density at radius 2 is 2.12 bits per heavy atom. The second-order valence-electron chi connectivity index (χ2n) is 4.05. The van der Waals surface area contributed by atoms with Crippen molar-refractivity contribution < 1.29 is 4.52 Å². The zero-order valence-electron chi connectivity index (χ0n) is 9.39. The maximum absolute atomic E-state index is 5.23. The van der Waals surface area contributed by atoms with E-state index < -0.39 is 0 Å². The SMILES string of the molecule is C(=C1CCNC1)c1noc(-c2ccccc2)n1. The van der Waals surface area contributed by atoms with E-state index in [0.29, 0.717) is 11.7 Å². The van der Waals surface area contributed by atoms with Crippen LogP contribution in [-0.4, -0.2) is 23.2 Å². The molecule has 1 aromatic carbocycles. The number of nitrogens with zero attached hydrogens (tertiary/aromatic N) is 2. The Morgan fingerprint density at radius 3 is 2.88 bits per heavy atom. The Balaban J connectivity index is 1.86. The fourth-order valence-corrected chi connectivity index (χ4v) is 1.88. The molecule has 2 heterocycles. The third kappa shape index (κ3) is 2.26. The van der Waals surface area contributed by atoms with E-state index in [0.717, 1.165) is 25.1 Å². The summed E-state index contributed by atoms with van der Waals surface area (Å²) in [6.07, 6.45) is 3.06. The van der Waals surface area contributed by atoms with Crippen LogP contribution < -0.4 is 5.32 Å². The molecule has 1 fully saturated rings. The van der Waals surface area contributed by atoms with Crippen LogP contribution >= 0.6 is 0 Å². The lowest BCUT2D eigenvalue weighted by Gasteiger charge is -1.90. The highest BCUT2D eigenvalue weighted by Gasteiger charge is 2.09. The monoisotopic (exact) mass is 227 g/mol. The van der Waals surface area contributed by atoms with Crippen LogP contribution in [0.5, 0.6) is 0 Å². The maximum Gasteiger partial charge on any atom is 0.258 e. The largest absolute Gasteiger partial charge is 0.334 e. The zero-order chi connectivity index (χ0) is 11.5. The minimum Gasteiger partial charge on any atom is -0.334 e. The Hall–Kier alpha value is -1.94. The Bertz CT molecular complexity index is 523. The van der Waals surface area contributed by atoms with Crippen LogP contribution in [0.2, 0.25) is 0 Å². The van der Waals surface area contributed by atoms with Crippen LogP contribution in [0.1, 0.15) is 12.2 Å². The molecule has 0 atom stereocenters. The van der Waals surface area contributed by atoms with Gasteiger partial charge in [-0.3, -0.25) is 0 Å². The number of rotatable bonds is 2. The van der Waals surface area contributed by atoms with Gasteiger partial charge in [0.1, 0.15) is 0 Å². The fraction of sp³-hybridized carbons (Fsp3) is 0.231. The van der Waals surface area contributed by atoms with Gasteiger partial charge in [-0.15, -0.1) is 0 Å². The highest BCUT2D eigenvalue weighted by molar-refractivity contribution is 5.55. The third-order valence-corrected chi connectivity index (χ3v) is 2.77. The first-order chi connectivity index (χ1) is 8.42. The molecule has 4 nitrogen and oxygen atoms in total. The highest BCUT2D eigenvalue weighted by atomic mass is 16.5. The first kappa shape index (κ1) is 10.2. The van der Waals surface area contributed by atoms with E-state index in [2.05, 4.69) is 15.5 Å². The van der Waals surface area contributed by atoms with E-state index >= 15 is 0 Å². The van der Waals surface area contributed by atoms with Gasteiger partial charge in [-0.05, 0) is 31.2 Å². The molecule has 0 bridgehead atoms. The molecule has 86 valence electrons. The van der Waals surface area contributed by atoms with Gasteiger partial charge in [0.2, 0.25) is 0 Å². The van der Waals surface area contributed by atoms with Gasteiger partial charge >= 0.3 is 0 Å². The lowest BCUT2D eigenvalue weighted by Crippen LogP contribution is -2.04. The summed E-state index contributed by atoms with van der Waals surface area (Å²) in [5.41, 5.74) is 2.28. The van der Waals surface area contributed by atoms with E-state index in [-0.39, 0.29) is 0 Å². The fourth-order valence-electron chi connectivity index (χ4n) is 1.88. The van der Waals surface area contributed by atoms with Crippen molar-refractivity contribution in [3.05, 3.63) is 41.7 Å². The molecule has 0 aliphatic carbocycles. The second kappa shape index (κ2) is 4.51. The predicted molar refractivity (Wildman–Crippen MR) is 65.2 cm³/mol. The van der Waals surface area contributed by atoms with Crippen LogP contribution in [-0.2, 0) is 0 Å². The van der Waals surface area contributed by atoms with Gasteiger partial charge in [0.25, 0.3) is 5.89 Å². The van der Waals surface area contributed by atoms with Crippen molar-refractivity contribution in [2.45, 2.75) is 6.42 Å². The quantitative estimate of drug-likeness (QED) is 0.853. The standard InChI is InChI=1S/C13H13N3O/c1-2-4-11(5-3-1)13-15-12(16-17-13)8-10-6-7-14-9-10/h1-5,8,14H,6-7,9H2. The predicted octanol–water partition coefficient (Wildman–Crippen LogP) is 2.11. The number of nitrogens with one attached hydrogen (secondary N) is 1. The summed E-state index contributed by atoms with van der Waals surface area (Å²) in [5, 5.41) is 7.24. The van der Waals surface area contributed by atoms with E-state index in [4.69, 9.17) is 4.52 Å². The van der Waals surface area contributed by atoms with Gasteiger partial charge in [0.15, 0.2) is 5.82 Å². The van der Waals surface area contributed by atoms with Gasteiger partial charge in [-0.25, -0.2) is 0 Å². The van der Waals surface area contributed by atoms with Crippen LogP contribution in [0.25, 0.3) is 17.5 Å². The minimum absolute atomic E-state index is 0.573. The first-order valence-corrected chi connectivity index (χ1v) is 5.71. The van der Waals surface area contributed by atoms with Crippen molar-refractivity contribution in [3.63, 3.8) is 0 Å². The Labute approximate surface area is 99.4 Å². The zero-order valence-corrected chi connectivity index (χ0v) is 9.39. The third-order valence-electron chi connectivity index (χ3n) is 2.77. The summed E-state index contributed by atoms with van der Waals surface area (Å²) >= 11 is 0. The van der Waals surface area contributed by atoms with Crippen LogP contribution in [0.15, 0.2) is 40.4 Å². The van der Waals surface area contributed by atoms with Crippen molar-refractivity contribution in [1.82, 2.24) is 15.5 Å². The van der Waals surface area contributed by atoms with E-state index in [1.165, 1.54) is 5.57 Å². The van der Waals surface area contributed by atoms with Crippen LogP contribution in [0.4, 0.5) is 0 Å². The van der Waals surface area contributed by atoms with Gasteiger partial charge in [0, 0.05) is 12.1 Å². The molecule has 0 saturated carbocycles. The van der Waals surface area contributed by atoms with Crippen molar-refractivity contribution in [1.29, 1.82) is 0 Å². The molecule has 1 aromatic heterocycles. The summed E-state index contributed by atoms with van der Waals surface area (Å²) < 4.78 is 5.23. The molecule has 0 spiro atoms. The number of hydrogen-bond donors (Lipinski definition) is 1. The molecular weight excluding hydrogens is 214 g/mol. The molecule has 0 amide bonds.